The van der Waals surface area contributed by atoms with E-state index in [9.17, 15) is 14.7 Å². The van der Waals surface area contributed by atoms with Crippen molar-refractivity contribution in [3.8, 4) is 0 Å². The van der Waals surface area contributed by atoms with Crippen molar-refractivity contribution in [3.63, 3.8) is 0 Å². The van der Waals surface area contributed by atoms with Gasteiger partial charge in [-0.1, -0.05) is 72.8 Å². The van der Waals surface area contributed by atoms with E-state index in [1.165, 1.54) is 0 Å². The molecule has 142 valence electrons. The van der Waals surface area contributed by atoms with Gasteiger partial charge in [0, 0.05) is 18.4 Å². The van der Waals surface area contributed by atoms with Gasteiger partial charge < -0.3 is 19.5 Å². The number of carboxylic acids is 1. The molecule has 28 heavy (non-hydrogen) atoms. The van der Waals surface area contributed by atoms with Crippen LogP contribution in [0.3, 0.4) is 0 Å². The summed E-state index contributed by atoms with van der Waals surface area (Å²) in [5.41, 5.74) is 1.19. The zero-order chi connectivity index (χ0) is 19.3. The second kappa shape index (κ2) is 6.31. The molecule has 3 aliphatic rings. The topological polar surface area (TPSA) is 69.7 Å². The first kappa shape index (κ1) is 17.2. The molecule has 1 spiro atoms. The van der Waals surface area contributed by atoms with Gasteiger partial charge in [0.2, 0.25) is 5.91 Å². The number of amides is 1. The average Bonchev–Trinajstić information content (AvgIpc) is 3.34. The molecule has 0 aliphatic carbocycles. The number of likely N-dealkylation sites (tertiary alicyclic amines) is 1. The third-order valence-electron chi connectivity index (χ3n) is 6.27. The van der Waals surface area contributed by atoms with Gasteiger partial charge in [-0.2, -0.15) is 0 Å². The molecule has 3 aliphatic heterocycles. The highest BCUT2D eigenvalue weighted by atomic mass is 16.5. The predicted octanol–water partition coefficient (Wildman–Crippen LogP) is 1.33. The minimum Gasteiger partial charge on any atom is -0.550 e. The lowest BCUT2D eigenvalue weighted by Gasteiger charge is -2.33. The number of hydrogen-bond donors (Lipinski definition) is 0. The molecule has 2 saturated heterocycles. The largest absolute Gasteiger partial charge is 0.550 e. The maximum atomic E-state index is 13.4. The first-order chi connectivity index (χ1) is 13.6. The van der Waals surface area contributed by atoms with E-state index < -0.39 is 29.5 Å². The van der Waals surface area contributed by atoms with Crippen LogP contribution in [0.1, 0.15) is 11.1 Å². The van der Waals surface area contributed by atoms with Crippen LogP contribution in [0, 0.1) is 11.8 Å². The molecule has 1 amide bonds. The third kappa shape index (κ3) is 2.43. The summed E-state index contributed by atoms with van der Waals surface area (Å²) in [5, 5.41) is 11.8. The van der Waals surface area contributed by atoms with Crippen molar-refractivity contribution in [1.29, 1.82) is 0 Å². The van der Waals surface area contributed by atoms with Crippen LogP contribution in [0.2, 0.25) is 0 Å². The summed E-state index contributed by atoms with van der Waals surface area (Å²) in [6, 6.07) is 19.4. The number of fused-ring (bicyclic) bond motifs is 1. The molecule has 0 radical (unpaired) electrons. The molecule has 5 heteroatoms. The molecule has 0 unspecified atom stereocenters. The number of benzene rings is 2. The molecule has 2 fully saturated rings. The van der Waals surface area contributed by atoms with Gasteiger partial charge in [-0.3, -0.25) is 4.79 Å². The van der Waals surface area contributed by atoms with Crippen LogP contribution < -0.4 is 5.11 Å². The Morgan fingerprint density at radius 1 is 1.04 bits per heavy atom. The van der Waals surface area contributed by atoms with Crippen LogP contribution in [-0.4, -0.2) is 34.5 Å². The third-order valence-corrected chi connectivity index (χ3v) is 6.27. The minimum absolute atomic E-state index is 0.161. The Morgan fingerprint density at radius 2 is 1.68 bits per heavy atom. The fourth-order valence-electron chi connectivity index (χ4n) is 5.06. The monoisotopic (exact) mass is 374 g/mol. The van der Waals surface area contributed by atoms with E-state index >= 15 is 0 Å². The van der Waals surface area contributed by atoms with Crippen LogP contribution in [0.15, 0.2) is 72.8 Å². The lowest BCUT2D eigenvalue weighted by Crippen LogP contribution is -2.47. The van der Waals surface area contributed by atoms with Crippen LogP contribution in [-0.2, 0) is 27.3 Å². The summed E-state index contributed by atoms with van der Waals surface area (Å²) >= 11 is 0. The summed E-state index contributed by atoms with van der Waals surface area (Å²) in [5.74, 6) is -3.04. The Kier molecular flexibility index (Phi) is 3.88. The summed E-state index contributed by atoms with van der Waals surface area (Å²) in [7, 11) is 0. The van der Waals surface area contributed by atoms with Crippen LogP contribution in [0.25, 0.3) is 0 Å². The maximum absolute atomic E-state index is 13.4. The van der Waals surface area contributed by atoms with Crippen LogP contribution >= 0.6 is 0 Å². The van der Waals surface area contributed by atoms with Crippen molar-refractivity contribution in [2.24, 2.45) is 11.8 Å². The van der Waals surface area contributed by atoms with Crippen molar-refractivity contribution < 1.29 is 19.4 Å². The lowest BCUT2D eigenvalue weighted by atomic mass is 9.74. The highest BCUT2D eigenvalue weighted by Gasteiger charge is 2.69. The number of aliphatic carboxylic acids is 1. The quantitative estimate of drug-likeness (QED) is 0.741. The molecule has 0 N–H and O–H groups in total. The second-order valence-electron chi connectivity index (χ2n) is 7.77. The molecule has 2 aromatic rings. The highest BCUT2D eigenvalue weighted by molar-refractivity contribution is 5.91. The number of carbonyl (C=O) groups is 2. The Morgan fingerprint density at radius 3 is 2.32 bits per heavy atom. The first-order valence-electron chi connectivity index (χ1n) is 9.56. The summed E-state index contributed by atoms with van der Waals surface area (Å²) in [6.45, 7) is 0.428. The van der Waals surface area contributed by atoms with E-state index in [1.54, 1.807) is 11.0 Å². The van der Waals surface area contributed by atoms with Gasteiger partial charge in [0.25, 0.3) is 0 Å². The Labute approximate surface area is 163 Å². The maximum Gasteiger partial charge on any atom is 0.230 e. The molecule has 5 rings (SSSR count). The molecule has 5 nitrogen and oxygen atoms in total. The second-order valence-corrected chi connectivity index (χ2v) is 7.77. The fourth-order valence-corrected chi connectivity index (χ4v) is 5.06. The van der Waals surface area contributed by atoms with Gasteiger partial charge in [0.15, 0.2) is 0 Å². The van der Waals surface area contributed by atoms with Crippen molar-refractivity contribution in [2.75, 3.05) is 0 Å². The molecular weight excluding hydrogens is 354 g/mol. The Bertz CT molecular complexity index is 942. The van der Waals surface area contributed by atoms with E-state index in [1.807, 2.05) is 66.7 Å². The lowest BCUT2D eigenvalue weighted by molar-refractivity contribution is -0.313. The van der Waals surface area contributed by atoms with Crippen molar-refractivity contribution in [1.82, 2.24) is 4.90 Å². The number of carboxylic acid groups (broad SMARTS) is 1. The van der Waals surface area contributed by atoms with Crippen molar-refractivity contribution >= 4 is 11.9 Å². The number of nitrogens with zero attached hydrogens (tertiary/aromatic N) is 1. The highest BCUT2D eigenvalue weighted by Crippen LogP contribution is 2.55. The average molecular weight is 374 g/mol. The fraction of sp³-hybridized carbons (Fsp3) is 0.304. The number of carbonyl (C=O) groups excluding carboxylic acids is 2. The van der Waals surface area contributed by atoms with Gasteiger partial charge in [0.1, 0.15) is 5.60 Å². The molecule has 2 bridgehead atoms. The zero-order valence-electron chi connectivity index (χ0n) is 15.2. The smallest absolute Gasteiger partial charge is 0.230 e. The van der Waals surface area contributed by atoms with Gasteiger partial charge in [-0.15, -0.1) is 0 Å². The molecular formula is C23H20NO4-. The minimum atomic E-state index is -1.21. The van der Waals surface area contributed by atoms with E-state index in [-0.39, 0.29) is 11.9 Å². The van der Waals surface area contributed by atoms with E-state index in [2.05, 4.69) is 0 Å². The first-order valence-corrected chi connectivity index (χ1v) is 9.56. The SMILES string of the molecule is O=C([O-])[C@@H]1[C@@H]2C=C[C@]3(O2)[C@@H]1C(=O)N(Cc1ccccc1)[C@H]3Cc1ccccc1. The van der Waals surface area contributed by atoms with Crippen molar-refractivity contribution in [2.45, 2.75) is 30.7 Å². The van der Waals surface area contributed by atoms with E-state index in [0.717, 1.165) is 11.1 Å². The predicted molar refractivity (Wildman–Crippen MR) is 99.7 cm³/mol. The summed E-state index contributed by atoms with van der Waals surface area (Å²) in [6.07, 6.45) is 3.72. The normalized spacial score (nSPS) is 32.7. The van der Waals surface area contributed by atoms with E-state index in [4.69, 9.17) is 4.74 Å². The van der Waals surface area contributed by atoms with Gasteiger partial charge in [0.05, 0.1) is 18.1 Å². The Balaban J connectivity index is 1.56. The van der Waals surface area contributed by atoms with Crippen molar-refractivity contribution in [3.05, 3.63) is 83.9 Å². The molecule has 5 atom stereocenters. The van der Waals surface area contributed by atoms with Gasteiger partial charge in [-0.25, -0.2) is 0 Å². The standard InChI is InChI=1S/C23H21NO4/c25-21-20-19(22(26)27)17-11-12-23(20,28-17)18(13-15-7-3-1-4-8-15)24(21)14-16-9-5-2-6-10-16/h1-12,17-20H,13-14H2,(H,26,27)/p-1/t17-,18-,19+,20-,23+/m0/s1. The number of ether oxygens (including phenoxy) is 1. The van der Waals surface area contributed by atoms with Crippen LogP contribution in [0.5, 0.6) is 0 Å². The number of rotatable bonds is 5. The summed E-state index contributed by atoms with van der Waals surface area (Å²) in [4.78, 5) is 27.0. The zero-order valence-corrected chi connectivity index (χ0v) is 15.2. The molecule has 2 aromatic carbocycles. The van der Waals surface area contributed by atoms with Gasteiger partial charge in [-0.05, 0) is 17.5 Å². The van der Waals surface area contributed by atoms with Gasteiger partial charge >= 0.3 is 0 Å². The molecule has 3 heterocycles. The van der Waals surface area contributed by atoms with Crippen LogP contribution in [0.4, 0.5) is 0 Å². The molecule has 0 aromatic heterocycles. The molecule has 0 saturated carbocycles. The van der Waals surface area contributed by atoms with E-state index in [0.29, 0.717) is 13.0 Å². The Hall–Kier alpha value is -2.92. The summed E-state index contributed by atoms with van der Waals surface area (Å²) < 4.78 is 6.19. The number of hydrogen-bond acceptors (Lipinski definition) is 4.